The first-order valence-electron chi connectivity index (χ1n) is 8.59. The van der Waals surface area contributed by atoms with E-state index in [1.54, 1.807) is 14.2 Å². The summed E-state index contributed by atoms with van der Waals surface area (Å²) in [5.41, 5.74) is 2.50. The van der Waals surface area contributed by atoms with E-state index >= 15 is 0 Å². The number of hydrogen-bond donors (Lipinski definition) is 1. The van der Waals surface area contributed by atoms with Crippen molar-refractivity contribution in [2.45, 2.75) is 26.3 Å². The van der Waals surface area contributed by atoms with E-state index in [1.807, 2.05) is 56.3 Å². The van der Waals surface area contributed by atoms with Crippen LogP contribution < -0.4 is 14.8 Å². The monoisotopic (exact) mass is 353 g/mol. The summed E-state index contributed by atoms with van der Waals surface area (Å²) in [7, 11) is 3.25. The number of methoxy groups -OCH3 is 2. The molecule has 1 unspecified atom stereocenters. The van der Waals surface area contributed by atoms with Crippen molar-refractivity contribution in [2.75, 3.05) is 14.2 Å². The molecule has 5 nitrogen and oxygen atoms in total. The summed E-state index contributed by atoms with van der Waals surface area (Å²) in [6.45, 7) is 3.92. The first-order chi connectivity index (χ1) is 12.6. The van der Waals surface area contributed by atoms with Gasteiger partial charge in [-0.25, -0.2) is 0 Å². The van der Waals surface area contributed by atoms with Gasteiger partial charge >= 0.3 is 0 Å². The molecule has 1 N–H and O–H groups in total. The van der Waals surface area contributed by atoms with Crippen molar-refractivity contribution >= 4 is 16.9 Å². The third-order valence-corrected chi connectivity index (χ3v) is 4.58. The Kier molecular flexibility index (Phi) is 5.16. The Labute approximate surface area is 152 Å². The lowest BCUT2D eigenvalue weighted by Gasteiger charge is -2.17. The van der Waals surface area contributed by atoms with Gasteiger partial charge in [-0.1, -0.05) is 19.1 Å². The number of rotatable bonds is 6. The molecule has 26 heavy (non-hydrogen) atoms. The average molecular weight is 353 g/mol. The minimum Gasteiger partial charge on any atom is -0.497 e. The number of benzene rings is 2. The van der Waals surface area contributed by atoms with Gasteiger partial charge in [0, 0.05) is 10.9 Å². The molecule has 136 valence electrons. The van der Waals surface area contributed by atoms with Crippen LogP contribution in [-0.4, -0.2) is 20.1 Å². The second-order valence-electron chi connectivity index (χ2n) is 6.13. The Balaban J connectivity index is 1.85. The number of carbonyl (C=O) groups excluding carboxylic acids is 1. The highest BCUT2D eigenvalue weighted by atomic mass is 16.5. The molecule has 3 rings (SSSR count). The fraction of sp³-hybridized carbons (Fsp3) is 0.286. The molecule has 0 aliphatic carbocycles. The largest absolute Gasteiger partial charge is 0.497 e. The second-order valence-corrected chi connectivity index (χ2v) is 6.13. The second kappa shape index (κ2) is 7.52. The number of ether oxygens (including phenoxy) is 2. The maximum atomic E-state index is 12.8. The van der Waals surface area contributed by atoms with E-state index in [1.165, 1.54) is 0 Å². The van der Waals surface area contributed by atoms with E-state index < -0.39 is 0 Å². The predicted octanol–water partition coefficient (Wildman–Crippen LogP) is 4.64. The molecular weight excluding hydrogens is 330 g/mol. The zero-order chi connectivity index (χ0) is 18.7. The molecule has 1 heterocycles. The molecule has 0 saturated heterocycles. The molecule has 0 fully saturated rings. The number of amides is 1. The van der Waals surface area contributed by atoms with Crippen molar-refractivity contribution in [1.29, 1.82) is 0 Å². The van der Waals surface area contributed by atoms with Crippen LogP contribution in [0, 0.1) is 6.92 Å². The van der Waals surface area contributed by atoms with Crippen LogP contribution in [0.5, 0.6) is 11.5 Å². The van der Waals surface area contributed by atoms with Gasteiger partial charge in [0.05, 0.1) is 20.3 Å². The number of aryl methyl sites for hydroxylation is 1. The van der Waals surface area contributed by atoms with Gasteiger partial charge in [0.2, 0.25) is 0 Å². The van der Waals surface area contributed by atoms with Crippen molar-refractivity contribution < 1.29 is 18.7 Å². The molecule has 0 aliphatic heterocycles. The van der Waals surface area contributed by atoms with E-state index in [4.69, 9.17) is 13.9 Å². The highest BCUT2D eigenvalue weighted by molar-refractivity contribution is 5.99. The zero-order valence-electron chi connectivity index (χ0n) is 15.5. The normalized spacial score (nSPS) is 12.0. The third-order valence-electron chi connectivity index (χ3n) is 4.58. The fourth-order valence-corrected chi connectivity index (χ4v) is 3.02. The van der Waals surface area contributed by atoms with Gasteiger partial charge in [-0.3, -0.25) is 4.79 Å². The summed E-state index contributed by atoms with van der Waals surface area (Å²) in [5.74, 6) is 1.63. The fourth-order valence-electron chi connectivity index (χ4n) is 3.02. The summed E-state index contributed by atoms with van der Waals surface area (Å²) in [6, 6.07) is 13.1. The number of hydrogen-bond acceptors (Lipinski definition) is 4. The maximum Gasteiger partial charge on any atom is 0.287 e. The maximum absolute atomic E-state index is 12.8. The van der Waals surface area contributed by atoms with Crippen molar-refractivity contribution in [1.82, 2.24) is 5.32 Å². The van der Waals surface area contributed by atoms with Gasteiger partial charge in [-0.2, -0.15) is 0 Å². The zero-order valence-corrected chi connectivity index (χ0v) is 15.5. The summed E-state index contributed by atoms with van der Waals surface area (Å²) in [4.78, 5) is 12.8. The molecule has 1 atom stereocenters. The van der Waals surface area contributed by atoms with E-state index in [-0.39, 0.29) is 11.9 Å². The molecule has 1 amide bonds. The standard InChI is InChI=1S/C21H23NO4/c1-5-18(14-6-8-15(24-3)9-7-14)22-21(23)20-13(2)17-12-16(25-4)10-11-19(17)26-20/h6-12,18H,5H2,1-4H3,(H,22,23). The lowest BCUT2D eigenvalue weighted by atomic mass is 10.0. The topological polar surface area (TPSA) is 60.7 Å². The predicted molar refractivity (Wildman–Crippen MR) is 101 cm³/mol. The third kappa shape index (κ3) is 3.38. The molecule has 0 spiro atoms. The van der Waals surface area contributed by atoms with Crippen molar-refractivity contribution in [3.63, 3.8) is 0 Å². The van der Waals surface area contributed by atoms with Crippen LogP contribution >= 0.6 is 0 Å². The number of furan rings is 1. The number of nitrogens with one attached hydrogen (secondary N) is 1. The summed E-state index contributed by atoms with van der Waals surface area (Å²) >= 11 is 0. The van der Waals surface area contributed by atoms with E-state index in [9.17, 15) is 4.79 Å². The molecular formula is C21H23NO4. The van der Waals surface area contributed by atoms with E-state index in [0.717, 1.165) is 34.4 Å². The van der Waals surface area contributed by atoms with Crippen molar-refractivity contribution in [2.24, 2.45) is 0 Å². The van der Waals surface area contributed by atoms with E-state index in [2.05, 4.69) is 5.32 Å². The summed E-state index contributed by atoms with van der Waals surface area (Å²) in [6.07, 6.45) is 0.769. The van der Waals surface area contributed by atoms with Crippen LogP contribution in [0.1, 0.15) is 41.1 Å². The molecule has 1 aromatic heterocycles. The molecule has 3 aromatic rings. The number of carbonyl (C=O) groups is 1. The van der Waals surface area contributed by atoms with Gasteiger partial charge in [0.1, 0.15) is 17.1 Å². The molecule has 0 radical (unpaired) electrons. The average Bonchev–Trinajstić information content (AvgIpc) is 3.02. The first-order valence-corrected chi connectivity index (χ1v) is 8.59. The van der Waals surface area contributed by atoms with Gasteiger partial charge < -0.3 is 19.2 Å². The van der Waals surface area contributed by atoms with Crippen LogP contribution in [0.2, 0.25) is 0 Å². The van der Waals surface area contributed by atoms with Gasteiger partial charge in [0.15, 0.2) is 5.76 Å². The molecule has 0 aliphatic rings. The minimum absolute atomic E-state index is 0.101. The molecule has 2 aromatic carbocycles. The molecule has 0 bridgehead atoms. The van der Waals surface area contributed by atoms with Crippen LogP contribution in [0.3, 0.4) is 0 Å². The van der Waals surface area contributed by atoms with Gasteiger partial charge in [0.25, 0.3) is 5.91 Å². The van der Waals surface area contributed by atoms with Crippen molar-refractivity contribution in [3.05, 3.63) is 59.4 Å². The lowest BCUT2D eigenvalue weighted by Crippen LogP contribution is -2.28. The summed E-state index contributed by atoms with van der Waals surface area (Å²) in [5, 5.41) is 3.94. The Morgan fingerprint density at radius 3 is 2.35 bits per heavy atom. The minimum atomic E-state index is -0.222. The number of fused-ring (bicyclic) bond motifs is 1. The smallest absolute Gasteiger partial charge is 0.287 e. The van der Waals surface area contributed by atoms with Crippen LogP contribution in [0.15, 0.2) is 46.9 Å². The Morgan fingerprint density at radius 1 is 1.08 bits per heavy atom. The highest BCUT2D eigenvalue weighted by Crippen LogP contribution is 2.29. The Morgan fingerprint density at radius 2 is 1.73 bits per heavy atom. The van der Waals surface area contributed by atoms with E-state index in [0.29, 0.717) is 11.3 Å². The SMILES string of the molecule is CCC(NC(=O)c1oc2ccc(OC)cc2c1C)c1ccc(OC)cc1. The van der Waals surface area contributed by atoms with Crippen molar-refractivity contribution in [3.8, 4) is 11.5 Å². The quantitative estimate of drug-likeness (QED) is 0.701. The molecule has 5 heteroatoms. The van der Waals surface area contributed by atoms with Crippen LogP contribution in [0.25, 0.3) is 11.0 Å². The van der Waals surface area contributed by atoms with Crippen LogP contribution in [0.4, 0.5) is 0 Å². The van der Waals surface area contributed by atoms with Gasteiger partial charge in [-0.15, -0.1) is 0 Å². The van der Waals surface area contributed by atoms with Crippen LogP contribution in [-0.2, 0) is 0 Å². The lowest BCUT2D eigenvalue weighted by molar-refractivity contribution is 0.0909. The highest BCUT2D eigenvalue weighted by Gasteiger charge is 2.21. The van der Waals surface area contributed by atoms with Gasteiger partial charge in [-0.05, 0) is 49.2 Å². The Hall–Kier alpha value is -2.95. The molecule has 0 saturated carbocycles. The first kappa shape index (κ1) is 17.9. The summed E-state index contributed by atoms with van der Waals surface area (Å²) < 4.78 is 16.2. The Bertz CT molecular complexity index is 912.